The van der Waals surface area contributed by atoms with Crippen molar-refractivity contribution in [3.8, 4) is 0 Å². The first kappa shape index (κ1) is 9.24. The Balaban J connectivity index is 2.04. The fourth-order valence-corrected chi connectivity index (χ4v) is 1.85. The van der Waals surface area contributed by atoms with Gasteiger partial charge >= 0.3 is 0 Å². The van der Waals surface area contributed by atoms with Gasteiger partial charge in [0.1, 0.15) is 6.26 Å². The Hall–Kier alpha value is -1.32. The van der Waals surface area contributed by atoms with Crippen LogP contribution in [0.1, 0.15) is 30.3 Å². The Kier molecular flexibility index (Phi) is 2.52. The van der Waals surface area contributed by atoms with Crippen molar-refractivity contribution in [1.29, 1.82) is 0 Å². The van der Waals surface area contributed by atoms with E-state index < -0.39 is 0 Å². The van der Waals surface area contributed by atoms with Crippen LogP contribution in [0.15, 0.2) is 17.1 Å². The predicted octanol–water partition coefficient (Wildman–Crippen LogP) is 1.55. The predicted molar refractivity (Wildman–Crippen MR) is 50.8 cm³/mol. The summed E-state index contributed by atoms with van der Waals surface area (Å²) >= 11 is 0. The van der Waals surface area contributed by atoms with Crippen molar-refractivity contribution < 1.29 is 9.21 Å². The molecule has 76 valence electrons. The van der Waals surface area contributed by atoms with E-state index >= 15 is 0 Å². The zero-order valence-electron chi connectivity index (χ0n) is 8.27. The van der Waals surface area contributed by atoms with Crippen LogP contribution in [0.4, 0.5) is 0 Å². The second kappa shape index (κ2) is 3.82. The molecule has 4 nitrogen and oxygen atoms in total. The number of hydrogen-bond donors (Lipinski definition) is 0. The van der Waals surface area contributed by atoms with E-state index in [9.17, 15) is 4.79 Å². The highest BCUT2D eigenvalue weighted by atomic mass is 16.3. The van der Waals surface area contributed by atoms with Crippen LogP contribution in [-0.4, -0.2) is 28.9 Å². The first-order valence-electron chi connectivity index (χ1n) is 4.95. The van der Waals surface area contributed by atoms with Gasteiger partial charge in [0.05, 0.1) is 0 Å². The Morgan fingerprint density at radius 1 is 1.71 bits per heavy atom. The maximum absolute atomic E-state index is 11.8. The maximum Gasteiger partial charge on any atom is 0.275 e. The highest BCUT2D eigenvalue weighted by molar-refractivity contribution is 5.91. The van der Waals surface area contributed by atoms with Gasteiger partial charge in [-0.15, -0.1) is 0 Å². The topological polar surface area (TPSA) is 46.3 Å². The number of carbonyl (C=O) groups is 1. The molecule has 0 saturated carbocycles. The Labute approximate surface area is 82.9 Å². The molecule has 1 aromatic rings. The molecule has 4 heteroatoms. The molecule has 1 aliphatic heterocycles. The largest absolute Gasteiger partial charge is 0.451 e. The number of likely N-dealkylation sites (tertiary alicyclic amines) is 1. The molecule has 1 atom stereocenters. The number of amides is 1. The summed E-state index contributed by atoms with van der Waals surface area (Å²) in [4.78, 5) is 17.5. The van der Waals surface area contributed by atoms with Gasteiger partial charge in [-0.3, -0.25) is 4.79 Å². The van der Waals surface area contributed by atoms with Crippen molar-refractivity contribution in [2.45, 2.75) is 19.8 Å². The average Bonchev–Trinajstić information content (AvgIpc) is 2.69. The third kappa shape index (κ3) is 1.78. The van der Waals surface area contributed by atoms with Crippen LogP contribution in [0.5, 0.6) is 0 Å². The standard InChI is InChI=1S/C10H14N2O2/c1-8-3-2-4-12(5-8)10(13)9-6-14-7-11-9/h6-8H,2-5H2,1H3. The van der Waals surface area contributed by atoms with Gasteiger partial charge < -0.3 is 9.32 Å². The Bertz CT molecular complexity index is 308. The molecule has 0 radical (unpaired) electrons. The summed E-state index contributed by atoms with van der Waals surface area (Å²) in [6, 6.07) is 0. The molecule has 1 amide bonds. The fourth-order valence-electron chi connectivity index (χ4n) is 1.85. The summed E-state index contributed by atoms with van der Waals surface area (Å²) in [5.74, 6) is 0.588. The van der Waals surface area contributed by atoms with Crippen LogP contribution >= 0.6 is 0 Å². The van der Waals surface area contributed by atoms with Gasteiger partial charge in [0, 0.05) is 13.1 Å². The van der Waals surface area contributed by atoms with E-state index in [-0.39, 0.29) is 5.91 Å². The van der Waals surface area contributed by atoms with E-state index in [1.165, 1.54) is 19.1 Å². The van der Waals surface area contributed by atoms with Gasteiger partial charge in [0.15, 0.2) is 12.1 Å². The zero-order chi connectivity index (χ0) is 9.97. The van der Waals surface area contributed by atoms with Crippen LogP contribution in [0.25, 0.3) is 0 Å². The number of rotatable bonds is 1. The normalized spacial score (nSPS) is 22.4. The summed E-state index contributed by atoms with van der Waals surface area (Å²) in [5.41, 5.74) is 0.416. The minimum atomic E-state index is -0.00898. The van der Waals surface area contributed by atoms with Crippen molar-refractivity contribution in [3.63, 3.8) is 0 Å². The van der Waals surface area contributed by atoms with Crippen LogP contribution in [-0.2, 0) is 0 Å². The number of aromatic nitrogens is 1. The van der Waals surface area contributed by atoms with E-state index in [2.05, 4.69) is 11.9 Å². The van der Waals surface area contributed by atoms with Crippen molar-refractivity contribution in [1.82, 2.24) is 9.88 Å². The lowest BCUT2D eigenvalue weighted by Gasteiger charge is -2.30. The number of hydrogen-bond acceptors (Lipinski definition) is 3. The summed E-state index contributed by atoms with van der Waals surface area (Å²) in [7, 11) is 0. The van der Waals surface area contributed by atoms with Crippen LogP contribution < -0.4 is 0 Å². The molecule has 2 heterocycles. The van der Waals surface area contributed by atoms with Crippen molar-refractivity contribution >= 4 is 5.91 Å². The molecule has 2 rings (SSSR count). The van der Waals surface area contributed by atoms with Gasteiger partial charge in [0.25, 0.3) is 5.91 Å². The lowest BCUT2D eigenvalue weighted by Crippen LogP contribution is -2.39. The van der Waals surface area contributed by atoms with Crippen molar-refractivity contribution in [2.75, 3.05) is 13.1 Å². The van der Waals surface area contributed by atoms with Crippen molar-refractivity contribution in [2.24, 2.45) is 5.92 Å². The molecule has 0 aromatic carbocycles. The van der Waals surface area contributed by atoms with Gasteiger partial charge in [0.2, 0.25) is 0 Å². The van der Waals surface area contributed by atoms with Crippen LogP contribution in [0, 0.1) is 5.92 Å². The highest BCUT2D eigenvalue weighted by Gasteiger charge is 2.23. The third-order valence-corrected chi connectivity index (χ3v) is 2.60. The summed E-state index contributed by atoms with van der Waals surface area (Å²) in [6.45, 7) is 3.85. The van der Waals surface area contributed by atoms with Crippen molar-refractivity contribution in [3.05, 3.63) is 18.4 Å². The number of carbonyl (C=O) groups excluding carboxylic acids is 1. The first-order chi connectivity index (χ1) is 6.77. The quantitative estimate of drug-likeness (QED) is 0.681. The second-order valence-corrected chi connectivity index (χ2v) is 3.87. The first-order valence-corrected chi connectivity index (χ1v) is 4.95. The highest BCUT2D eigenvalue weighted by Crippen LogP contribution is 2.17. The van der Waals surface area contributed by atoms with Gasteiger partial charge in [-0.2, -0.15) is 0 Å². The Morgan fingerprint density at radius 2 is 2.57 bits per heavy atom. The molecule has 1 fully saturated rings. The zero-order valence-corrected chi connectivity index (χ0v) is 8.27. The molecule has 1 aromatic heterocycles. The molecule has 0 N–H and O–H groups in total. The maximum atomic E-state index is 11.8. The minimum Gasteiger partial charge on any atom is -0.451 e. The lowest BCUT2D eigenvalue weighted by atomic mass is 10.0. The second-order valence-electron chi connectivity index (χ2n) is 3.87. The Morgan fingerprint density at radius 3 is 3.21 bits per heavy atom. The SMILES string of the molecule is CC1CCCN(C(=O)c2cocn2)C1. The van der Waals surface area contributed by atoms with Gasteiger partial charge in [-0.25, -0.2) is 4.98 Å². The fraction of sp³-hybridized carbons (Fsp3) is 0.600. The van der Waals surface area contributed by atoms with Crippen LogP contribution in [0.3, 0.4) is 0 Å². The van der Waals surface area contributed by atoms with E-state index in [0.29, 0.717) is 11.6 Å². The lowest BCUT2D eigenvalue weighted by molar-refractivity contribution is 0.0677. The third-order valence-electron chi connectivity index (χ3n) is 2.60. The van der Waals surface area contributed by atoms with E-state index in [4.69, 9.17) is 4.42 Å². The summed E-state index contributed by atoms with van der Waals surface area (Å²) < 4.78 is 4.79. The van der Waals surface area contributed by atoms with Gasteiger partial charge in [-0.05, 0) is 18.8 Å². The number of piperidine rings is 1. The van der Waals surface area contributed by atoms with Gasteiger partial charge in [-0.1, -0.05) is 6.92 Å². The number of nitrogens with zero attached hydrogens (tertiary/aromatic N) is 2. The van der Waals surface area contributed by atoms with Crippen LogP contribution in [0.2, 0.25) is 0 Å². The molecule has 0 bridgehead atoms. The smallest absolute Gasteiger partial charge is 0.275 e. The molecule has 1 unspecified atom stereocenters. The molecular formula is C10H14N2O2. The number of oxazole rings is 1. The molecule has 1 saturated heterocycles. The molecule has 14 heavy (non-hydrogen) atoms. The molecule has 1 aliphatic rings. The molecule has 0 spiro atoms. The molecular weight excluding hydrogens is 180 g/mol. The van der Waals surface area contributed by atoms with E-state index in [0.717, 1.165) is 19.5 Å². The summed E-state index contributed by atoms with van der Waals surface area (Å²) in [5, 5.41) is 0. The summed E-state index contributed by atoms with van der Waals surface area (Å²) in [6.07, 6.45) is 5.00. The minimum absolute atomic E-state index is 0.00898. The van der Waals surface area contributed by atoms with E-state index in [1.54, 1.807) is 0 Å². The monoisotopic (exact) mass is 194 g/mol. The average molecular weight is 194 g/mol. The van der Waals surface area contributed by atoms with E-state index in [1.807, 2.05) is 4.90 Å². The molecule has 0 aliphatic carbocycles.